The SMILES string of the molecule is Cn1cnc(S(=O)(=O)Nc2c(F)cc(F)cc2F)c1Cl. The van der Waals surface area contributed by atoms with E-state index in [9.17, 15) is 21.6 Å². The van der Waals surface area contributed by atoms with Crippen LogP contribution >= 0.6 is 11.6 Å². The van der Waals surface area contributed by atoms with Crippen LogP contribution in [0.3, 0.4) is 0 Å². The summed E-state index contributed by atoms with van der Waals surface area (Å²) in [6.07, 6.45) is 1.12. The van der Waals surface area contributed by atoms with Gasteiger partial charge >= 0.3 is 0 Å². The van der Waals surface area contributed by atoms with Gasteiger partial charge in [-0.3, -0.25) is 4.72 Å². The topological polar surface area (TPSA) is 64.0 Å². The second-order valence-corrected chi connectivity index (χ2v) is 5.76. The number of sulfonamides is 1. The Kier molecular flexibility index (Phi) is 3.65. The molecule has 20 heavy (non-hydrogen) atoms. The minimum atomic E-state index is -4.40. The molecule has 2 rings (SSSR count). The second kappa shape index (κ2) is 4.98. The van der Waals surface area contributed by atoms with Crippen LogP contribution in [0.1, 0.15) is 0 Å². The van der Waals surface area contributed by atoms with E-state index in [2.05, 4.69) is 4.98 Å². The molecule has 0 aliphatic heterocycles. The smallest absolute Gasteiger partial charge is 0.282 e. The number of halogens is 4. The first-order chi connectivity index (χ1) is 9.22. The molecule has 1 heterocycles. The van der Waals surface area contributed by atoms with Gasteiger partial charge in [-0.25, -0.2) is 18.2 Å². The quantitative estimate of drug-likeness (QED) is 0.941. The summed E-state index contributed by atoms with van der Waals surface area (Å²) < 4.78 is 66.2. The number of hydrogen-bond acceptors (Lipinski definition) is 3. The Hall–Kier alpha value is -1.74. The largest absolute Gasteiger partial charge is 0.324 e. The Bertz CT molecular complexity index is 753. The van der Waals surface area contributed by atoms with Crippen molar-refractivity contribution in [2.75, 3.05) is 4.72 Å². The molecule has 0 bridgehead atoms. The maximum Gasteiger partial charge on any atom is 0.282 e. The van der Waals surface area contributed by atoms with Crippen LogP contribution in [0.15, 0.2) is 23.5 Å². The normalized spacial score (nSPS) is 11.7. The van der Waals surface area contributed by atoms with E-state index in [1.165, 1.54) is 11.6 Å². The van der Waals surface area contributed by atoms with Crippen LogP contribution in [0.2, 0.25) is 5.15 Å². The highest BCUT2D eigenvalue weighted by atomic mass is 35.5. The summed E-state index contributed by atoms with van der Waals surface area (Å²) in [7, 11) is -2.96. The van der Waals surface area contributed by atoms with Gasteiger partial charge in [0.1, 0.15) is 16.7 Å². The van der Waals surface area contributed by atoms with Gasteiger partial charge in [0.05, 0.1) is 6.33 Å². The summed E-state index contributed by atoms with van der Waals surface area (Å²) in [5.41, 5.74) is -1.01. The van der Waals surface area contributed by atoms with E-state index in [4.69, 9.17) is 11.6 Å². The monoisotopic (exact) mass is 325 g/mol. The molecule has 0 atom stereocenters. The van der Waals surface area contributed by atoms with E-state index < -0.39 is 38.2 Å². The summed E-state index contributed by atoms with van der Waals surface area (Å²) in [6.45, 7) is 0. The first kappa shape index (κ1) is 14.7. The Morgan fingerprint density at radius 3 is 2.25 bits per heavy atom. The van der Waals surface area contributed by atoms with Crippen LogP contribution in [0.4, 0.5) is 18.9 Å². The van der Waals surface area contributed by atoms with Gasteiger partial charge < -0.3 is 4.57 Å². The fourth-order valence-corrected chi connectivity index (χ4v) is 2.91. The lowest BCUT2D eigenvalue weighted by Crippen LogP contribution is -2.16. The van der Waals surface area contributed by atoms with Crippen molar-refractivity contribution in [2.24, 2.45) is 7.05 Å². The Morgan fingerprint density at radius 1 is 1.25 bits per heavy atom. The predicted molar refractivity (Wildman–Crippen MR) is 65.3 cm³/mol. The summed E-state index contributed by atoms with van der Waals surface area (Å²) in [6, 6.07) is 0.696. The summed E-state index contributed by atoms with van der Waals surface area (Å²) >= 11 is 5.70. The Balaban J connectivity index is 2.47. The number of anilines is 1. The van der Waals surface area contributed by atoms with E-state index in [1.807, 2.05) is 0 Å². The molecule has 0 aliphatic rings. The Morgan fingerprint density at radius 2 is 1.80 bits per heavy atom. The highest BCUT2D eigenvalue weighted by Crippen LogP contribution is 2.25. The van der Waals surface area contributed by atoms with Crippen molar-refractivity contribution < 1.29 is 21.6 Å². The first-order valence-electron chi connectivity index (χ1n) is 5.06. The summed E-state index contributed by atoms with van der Waals surface area (Å²) in [5.74, 6) is -3.95. The number of aromatic nitrogens is 2. The van der Waals surface area contributed by atoms with Gasteiger partial charge in [0.25, 0.3) is 10.0 Å². The van der Waals surface area contributed by atoms with Crippen LogP contribution in [0.5, 0.6) is 0 Å². The van der Waals surface area contributed by atoms with Gasteiger partial charge in [-0.15, -0.1) is 0 Å². The molecule has 0 spiro atoms. The molecule has 0 fully saturated rings. The van der Waals surface area contributed by atoms with E-state index >= 15 is 0 Å². The van der Waals surface area contributed by atoms with Crippen molar-refractivity contribution in [2.45, 2.75) is 5.03 Å². The third-order valence-corrected chi connectivity index (χ3v) is 4.17. The molecule has 2 aromatic rings. The van der Waals surface area contributed by atoms with Crippen molar-refractivity contribution in [1.82, 2.24) is 9.55 Å². The fourth-order valence-electron chi connectivity index (χ4n) is 1.40. The van der Waals surface area contributed by atoms with Gasteiger partial charge in [-0.1, -0.05) is 11.6 Å². The van der Waals surface area contributed by atoms with Crippen LogP contribution in [-0.4, -0.2) is 18.0 Å². The third kappa shape index (κ3) is 2.59. The molecular weight excluding hydrogens is 319 g/mol. The summed E-state index contributed by atoms with van der Waals surface area (Å²) in [5, 5.41) is -0.829. The predicted octanol–water partition coefficient (Wildman–Crippen LogP) is 2.29. The van der Waals surface area contributed by atoms with Gasteiger partial charge in [0.2, 0.25) is 5.03 Å². The zero-order valence-corrected chi connectivity index (χ0v) is 11.4. The summed E-state index contributed by atoms with van der Waals surface area (Å²) in [4.78, 5) is 3.52. The lowest BCUT2D eigenvalue weighted by atomic mass is 10.3. The molecule has 0 radical (unpaired) electrons. The first-order valence-corrected chi connectivity index (χ1v) is 6.92. The number of aryl methyl sites for hydroxylation is 1. The highest BCUT2D eigenvalue weighted by molar-refractivity contribution is 7.92. The molecule has 0 saturated heterocycles. The minimum absolute atomic E-state index is 0.236. The molecule has 10 heteroatoms. The zero-order chi connectivity index (χ0) is 15.1. The van der Waals surface area contributed by atoms with Crippen molar-refractivity contribution in [3.05, 3.63) is 41.1 Å². The average molecular weight is 326 g/mol. The zero-order valence-electron chi connectivity index (χ0n) is 9.86. The number of hydrogen-bond donors (Lipinski definition) is 1. The Labute approximate surface area is 117 Å². The molecule has 108 valence electrons. The van der Waals surface area contributed by atoms with Crippen molar-refractivity contribution in [3.8, 4) is 0 Å². The lowest BCUT2D eigenvalue weighted by molar-refractivity contribution is 0.547. The van der Waals surface area contributed by atoms with E-state index in [-0.39, 0.29) is 5.15 Å². The van der Waals surface area contributed by atoms with Crippen LogP contribution in [0, 0.1) is 17.5 Å². The molecule has 1 N–H and O–H groups in total. The number of rotatable bonds is 3. The van der Waals surface area contributed by atoms with E-state index in [0.29, 0.717) is 12.1 Å². The van der Waals surface area contributed by atoms with Gasteiger partial charge in [0, 0.05) is 19.2 Å². The lowest BCUT2D eigenvalue weighted by Gasteiger charge is -2.08. The number of imidazole rings is 1. The molecule has 0 aliphatic carbocycles. The van der Waals surface area contributed by atoms with Crippen LogP contribution in [-0.2, 0) is 17.1 Å². The highest BCUT2D eigenvalue weighted by Gasteiger charge is 2.25. The van der Waals surface area contributed by atoms with Crippen LogP contribution < -0.4 is 4.72 Å². The third-order valence-electron chi connectivity index (χ3n) is 2.33. The second-order valence-electron chi connectivity index (χ2n) is 3.80. The molecule has 5 nitrogen and oxygen atoms in total. The molecule has 0 amide bonds. The molecular formula is C10H7ClF3N3O2S. The molecule has 0 saturated carbocycles. The van der Waals surface area contributed by atoms with Crippen molar-refractivity contribution >= 4 is 27.3 Å². The van der Waals surface area contributed by atoms with Crippen molar-refractivity contribution in [3.63, 3.8) is 0 Å². The van der Waals surface area contributed by atoms with Gasteiger partial charge in [-0.05, 0) is 0 Å². The standard InChI is InChI=1S/C10H7ClF3N3O2S/c1-17-4-15-10(9(17)11)20(18,19)16-8-6(13)2-5(12)3-7(8)14/h2-4,16H,1H3. The number of nitrogens with one attached hydrogen (secondary N) is 1. The maximum atomic E-state index is 13.4. The van der Waals surface area contributed by atoms with Gasteiger partial charge in [0.15, 0.2) is 11.6 Å². The molecule has 1 aromatic heterocycles. The fraction of sp³-hybridized carbons (Fsp3) is 0.100. The minimum Gasteiger partial charge on any atom is -0.324 e. The van der Waals surface area contributed by atoms with E-state index in [0.717, 1.165) is 6.33 Å². The number of benzene rings is 1. The van der Waals surface area contributed by atoms with Crippen molar-refractivity contribution in [1.29, 1.82) is 0 Å². The van der Waals surface area contributed by atoms with E-state index in [1.54, 1.807) is 4.72 Å². The van der Waals surface area contributed by atoms with Gasteiger partial charge in [-0.2, -0.15) is 8.42 Å². The van der Waals surface area contributed by atoms with Crippen LogP contribution in [0.25, 0.3) is 0 Å². The maximum absolute atomic E-state index is 13.4. The number of nitrogens with zero attached hydrogens (tertiary/aromatic N) is 2. The molecule has 1 aromatic carbocycles. The molecule has 0 unspecified atom stereocenters. The average Bonchev–Trinajstić information content (AvgIpc) is 2.65.